The van der Waals surface area contributed by atoms with Gasteiger partial charge in [-0.05, 0) is 35.1 Å². The summed E-state index contributed by atoms with van der Waals surface area (Å²) >= 11 is 0. The molecule has 6 nitrogen and oxygen atoms in total. The van der Waals surface area contributed by atoms with Crippen molar-refractivity contribution in [2.45, 2.75) is 45.7 Å². The van der Waals surface area contributed by atoms with Crippen LogP contribution in [0.5, 0.6) is 0 Å². The van der Waals surface area contributed by atoms with Crippen LogP contribution < -0.4 is 11.2 Å². The lowest BCUT2D eigenvalue weighted by molar-refractivity contribution is 0.555. The van der Waals surface area contributed by atoms with Gasteiger partial charge >= 0.3 is 5.69 Å². The highest BCUT2D eigenvalue weighted by Gasteiger charge is 2.32. The number of aromatic amines is 1. The molecule has 6 heteroatoms. The SMILES string of the molecule is CCCn1c(=O)c2[nH]c(C3c4ccccc4-c4ccccc43)nc2n(CCC)c1=O. The summed E-state index contributed by atoms with van der Waals surface area (Å²) in [5.74, 6) is 0.618. The van der Waals surface area contributed by atoms with Gasteiger partial charge in [-0.25, -0.2) is 9.78 Å². The van der Waals surface area contributed by atoms with Gasteiger partial charge in [0.2, 0.25) is 0 Å². The topological polar surface area (TPSA) is 72.7 Å². The normalized spacial score (nSPS) is 13.0. The van der Waals surface area contributed by atoms with E-state index in [0.29, 0.717) is 30.1 Å². The number of hydrogen-bond acceptors (Lipinski definition) is 3. The first-order chi connectivity index (χ1) is 14.7. The van der Waals surface area contributed by atoms with Crippen LogP contribution in [0.1, 0.15) is 49.6 Å². The van der Waals surface area contributed by atoms with Gasteiger partial charge < -0.3 is 4.98 Å². The van der Waals surface area contributed by atoms with Crippen LogP contribution >= 0.6 is 0 Å². The Hall–Kier alpha value is -3.41. The molecule has 1 aliphatic carbocycles. The molecule has 152 valence electrons. The average Bonchev–Trinajstić information content (AvgIpc) is 3.34. The number of rotatable bonds is 5. The Morgan fingerprint density at radius 1 is 0.867 bits per heavy atom. The quantitative estimate of drug-likeness (QED) is 0.487. The van der Waals surface area contributed by atoms with E-state index in [4.69, 9.17) is 4.98 Å². The van der Waals surface area contributed by atoms with Gasteiger partial charge in [-0.2, -0.15) is 0 Å². The number of H-pyrrole nitrogens is 1. The second-order valence-corrected chi connectivity index (χ2v) is 7.82. The lowest BCUT2D eigenvalue weighted by Crippen LogP contribution is -2.40. The van der Waals surface area contributed by atoms with Gasteiger partial charge in [0, 0.05) is 13.1 Å². The molecule has 1 N–H and O–H groups in total. The highest BCUT2D eigenvalue weighted by atomic mass is 16.2. The molecule has 5 rings (SSSR count). The summed E-state index contributed by atoms with van der Waals surface area (Å²) in [6.45, 7) is 4.91. The van der Waals surface area contributed by atoms with E-state index in [1.807, 2.05) is 38.1 Å². The first-order valence-corrected chi connectivity index (χ1v) is 10.6. The highest BCUT2D eigenvalue weighted by Crippen LogP contribution is 2.46. The van der Waals surface area contributed by atoms with Crippen molar-refractivity contribution in [2.75, 3.05) is 0 Å². The summed E-state index contributed by atoms with van der Waals surface area (Å²) in [4.78, 5) is 34.2. The first kappa shape index (κ1) is 18.6. The third kappa shape index (κ3) is 2.60. The molecule has 0 bridgehead atoms. The van der Waals surface area contributed by atoms with Crippen molar-refractivity contribution >= 4 is 11.2 Å². The van der Waals surface area contributed by atoms with Crippen LogP contribution in [-0.4, -0.2) is 19.1 Å². The Kier molecular flexibility index (Phi) is 4.42. The van der Waals surface area contributed by atoms with E-state index < -0.39 is 0 Å². The first-order valence-electron chi connectivity index (χ1n) is 10.6. The Morgan fingerprint density at radius 2 is 1.43 bits per heavy atom. The lowest BCUT2D eigenvalue weighted by atomic mass is 9.96. The highest BCUT2D eigenvalue weighted by molar-refractivity contribution is 5.81. The van der Waals surface area contributed by atoms with Crippen molar-refractivity contribution in [3.05, 3.63) is 86.3 Å². The van der Waals surface area contributed by atoms with E-state index in [2.05, 4.69) is 29.2 Å². The minimum Gasteiger partial charge on any atom is -0.335 e. The fourth-order valence-electron chi connectivity index (χ4n) is 4.62. The number of hydrogen-bond donors (Lipinski definition) is 1. The second kappa shape index (κ2) is 7.13. The maximum absolute atomic E-state index is 13.1. The minimum atomic E-state index is -0.289. The molecule has 0 atom stereocenters. The molecule has 0 spiro atoms. The number of benzene rings is 2. The minimum absolute atomic E-state index is 0.0889. The van der Waals surface area contributed by atoms with Crippen molar-refractivity contribution < 1.29 is 0 Å². The average molecular weight is 400 g/mol. The van der Waals surface area contributed by atoms with E-state index in [1.165, 1.54) is 15.7 Å². The van der Waals surface area contributed by atoms with Crippen LogP contribution in [0.3, 0.4) is 0 Å². The van der Waals surface area contributed by atoms with Crippen LogP contribution in [0.15, 0.2) is 58.1 Å². The molecule has 1 aliphatic rings. The fourth-order valence-corrected chi connectivity index (χ4v) is 4.62. The second-order valence-electron chi connectivity index (χ2n) is 7.82. The summed E-state index contributed by atoms with van der Waals surface area (Å²) < 4.78 is 2.97. The third-order valence-electron chi connectivity index (χ3n) is 5.88. The van der Waals surface area contributed by atoms with Gasteiger partial charge in [-0.1, -0.05) is 62.4 Å². The number of imidazole rings is 1. The molecule has 2 aromatic carbocycles. The zero-order valence-electron chi connectivity index (χ0n) is 17.2. The van der Waals surface area contributed by atoms with Crippen LogP contribution in [-0.2, 0) is 13.1 Å². The zero-order chi connectivity index (χ0) is 20.8. The molecule has 0 amide bonds. The Morgan fingerprint density at radius 3 is 2.03 bits per heavy atom. The Labute approximate surface area is 173 Å². The summed E-state index contributed by atoms with van der Waals surface area (Å²) in [5, 5.41) is 0. The number of aryl methyl sites for hydroxylation is 1. The summed E-state index contributed by atoms with van der Waals surface area (Å²) in [7, 11) is 0. The van der Waals surface area contributed by atoms with Crippen LogP contribution in [0.25, 0.3) is 22.3 Å². The maximum Gasteiger partial charge on any atom is 0.332 e. The molecular weight excluding hydrogens is 376 g/mol. The standard InChI is InChI=1S/C24H24N4O2/c1-3-13-27-22-20(23(29)28(14-4-2)24(27)30)25-21(26-22)19-17-11-7-5-9-15(17)16-10-6-8-12-18(16)19/h5-12,19H,3-4,13-14H2,1-2H3,(H,25,26). The Bertz CT molecular complexity index is 1330. The molecule has 0 radical (unpaired) electrons. The van der Waals surface area contributed by atoms with Crippen LogP contribution in [0, 0.1) is 0 Å². The summed E-state index contributed by atoms with van der Waals surface area (Å²) in [6.07, 6.45) is 1.51. The molecule has 0 saturated carbocycles. The third-order valence-corrected chi connectivity index (χ3v) is 5.88. The van der Waals surface area contributed by atoms with Gasteiger partial charge in [0.05, 0.1) is 5.92 Å². The van der Waals surface area contributed by atoms with E-state index in [-0.39, 0.29) is 17.2 Å². The molecular formula is C24H24N4O2. The van der Waals surface area contributed by atoms with E-state index in [1.54, 1.807) is 4.57 Å². The van der Waals surface area contributed by atoms with Gasteiger partial charge in [0.25, 0.3) is 5.56 Å². The fraction of sp³-hybridized carbons (Fsp3) is 0.292. The number of aromatic nitrogens is 4. The van der Waals surface area contributed by atoms with Crippen molar-refractivity contribution in [1.82, 2.24) is 19.1 Å². The molecule has 4 aromatic rings. The number of fused-ring (bicyclic) bond motifs is 4. The van der Waals surface area contributed by atoms with Gasteiger partial charge in [-0.15, -0.1) is 0 Å². The van der Waals surface area contributed by atoms with Crippen molar-refractivity contribution in [2.24, 2.45) is 0 Å². The lowest BCUT2D eigenvalue weighted by Gasteiger charge is -2.10. The molecule has 0 saturated heterocycles. The molecule has 2 aromatic heterocycles. The predicted molar refractivity (Wildman–Crippen MR) is 118 cm³/mol. The summed E-state index contributed by atoms with van der Waals surface area (Å²) in [6, 6.07) is 16.6. The van der Waals surface area contributed by atoms with Gasteiger partial charge in [0.15, 0.2) is 5.65 Å². The van der Waals surface area contributed by atoms with Crippen molar-refractivity contribution in [3.63, 3.8) is 0 Å². The largest absolute Gasteiger partial charge is 0.335 e. The van der Waals surface area contributed by atoms with Crippen LogP contribution in [0.4, 0.5) is 0 Å². The predicted octanol–water partition coefficient (Wildman–Crippen LogP) is 3.87. The molecule has 2 heterocycles. The van der Waals surface area contributed by atoms with E-state index >= 15 is 0 Å². The molecule has 0 aliphatic heterocycles. The monoisotopic (exact) mass is 400 g/mol. The Balaban J connectivity index is 1.79. The smallest absolute Gasteiger partial charge is 0.332 e. The maximum atomic E-state index is 13.1. The van der Waals surface area contributed by atoms with Crippen LogP contribution in [0.2, 0.25) is 0 Å². The summed E-state index contributed by atoms with van der Waals surface area (Å²) in [5.41, 5.74) is 5.00. The van der Waals surface area contributed by atoms with E-state index in [9.17, 15) is 9.59 Å². The van der Waals surface area contributed by atoms with E-state index in [0.717, 1.165) is 24.0 Å². The number of nitrogens with zero attached hydrogens (tertiary/aromatic N) is 3. The van der Waals surface area contributed by atoms with Crippen molar-refractivity contribution in [3.8, 4) is 11.1 Å². The molecule has 0 unspecified atom stereocenters. The molecule has 0 fully saturated rings. The number of nitrogens with one attached hydrogen (secondary N) is 1. The van der Waals surface area contributed by atoms with Gasteiger partial charge in [0.1, 0.15) is 11.3 Å². The van der Waals surface area contributed by atoms with Crippen molar-refractivity contribution in [1.29, 1.82) is 0 Å². The van der Waals surface area contributed by atoms with Gasteiger partial charge in [-0.3, -0.25) is 13.9 Å². The molecule has 30 heavy (non-hydrogen) atoms. The zero-order valence-corrected chi connectivity index (χ0v) is 17.2.